The largest absolute Gasteiger partial charge is 0.479 e. The van der Waals surface area contributed by atoms with Crippen LogP contribution in [-0.4, -0.2) is 47.5 Å². The zero-order valence-corrected chi connectivity index (χ0v) is 12.2. The number of hydrogen-bond acceptors (Lipinski definition) is 5. The molecule has 6 N–H and O–H groups in total. The lowest BCUT2D eigenvalue weighted by molar-refractivity contribution is -0.146. The molecule has 1 aromatic rings. The van der Waals surface area contributed by atoms with Gasteiger partial charge < -0.3 is 26.4 Å². The van der Waals surface area contributed by atoms with Crippen molar-refractivity contribution in [1.29, 1.82) is 0 Å². The van der Waals surface area contributed by atoms with E-state index < -0.39 is 12.1 Å². The molecule has 0 fully saturated rings. The third kappa shape index (κ3) is 10.9. The number of unbranched alkanes of at least 4 members (excludes halogenated alkanes) is 1. The maximum Gasteiger partial charge on any atom is 0.337 e. The molecule has 1 rings (SSSR count). The third-order valence-electron chi connectivity index (χ3n) is 2.67. The summed E-state index contributed by atoms with van der Waals surface area (Å²) in [4.78, 5) is 10.2. The Balaban J connectivity index is 0.000000384. The van der Waals surface area contributed by atoms with Crippen LogP contribution in [0.1, 0.15) is 30.9 Å². The number of carboxylic acids is 1. The minimum Gasteiger partial charge on any atom is -0.479 e. The SMILES string of the molecule is NCCCCNCCCO.O=C(O)C(O)c1ccccc1. The molecule has 0 aliphatic rings. The Morgan fingerprint density at radius 2 is 1.76 bits per heavy atom. The Morgan fingerprint density at radius 1 is 1.14 bits per heavy atom. The van der Waals surface area contributed by atoms with Gasteiger partial charge in [-0.1, -0.05) is 30.3 Å². The van der Waals surface area contributed by atoms with E-state index in [4.69, 9.17) is 21.1 Å². The monoisotopic (exact) mass is 298 g/mol. The van der Waals surface area contributed by atoms with Gasteiger partial charge in [-0.15, -0.1) is 0 Å². The Kier molecular flexibility index (Phi) is 12.6. The molecule has 0 aliphatic carbocycles. The Hall–Kier alpha value is -1.47. The van der Waals surface area contributed by atoms with Crippen LogP contribution in [-0.2, 0) is 4.79 Å². The maximum atomic E-state index is 10.2. The first-order valence-corrected chi connectivity index (χ1v) is 7.11. The number of carbonyl (C=O) groups is 1. The van der Waals surface area contributed by atoms with E-state index in [1.54, 1.807) is 30.3 Å². The van der Waals surface area contributed by atoms with Gasteiger partial charge in [-0.05, 0) is 44.5 Å². The van der Waals surface area contributed by atoms with E-state index in [0.29, 0.717) is 5.56 Å². The van der Waals surface area contributed by atoms with Crippen molar-refractivity contribution < 1.29 is 20.1 Å². The first-order chi connectivity index (χ1) is 10.1. The number of aliphatic hydroxyl groups is 2. The lowest BCUT2D eigenvalue weighted by Crippen LogP contribution is -2.18. The molecule has 6 heteroatoms. The summed E-state index contributed by atoms with van der Waals surface area (Å²) in [6.07, 6.45) is 1.67. The summed E-state index contributed by atoms with van der Waals surface area (Å²) < 4.78 is 0. The molecule has 0 heterocycles. The van der Waals surface area contributed by atoms with Gasteiger partial charge in [-0.2, -0.15) is 0 Å². The van der Waals surface area contributed by atoms with E-state index in [9.17, 15) is 4.79 Å². The van der Waals surface area contributed by atoms with Gasteiger partial charge in [0.25, 0.3) is 0 Å². The highest BCUT2D eigenvalue weighted by Gasteiger charge is 2.14. The summed E-state index contributed by atoms with van der Waals surface area (Å²) in [6.45, 7) is 3.00. The summed E-state index contributed by atoms with van der Waals surface area (Å²) in [5.41, 5.74) is 5.70. The fraction of sp³-hybridized carbons (Fsp3) is 0.533. The summed E-state index contributed by atoms with van der Waals surface area (Å²) in [5.74, 6) is -1.23. The molecule has 0 saturated heterocycles. The zero-order chi connectivity index (χ0) is 15.9. The number of rotatable bonds is 9. The van der Waals surface area contributed by atoms with Crippen molar-refractivity contribution in [3.63, 3.8) is 0 Å². The standard InChI is InChI=1S/C8H8O3.C7H18N2O/c9-7(8(10)11)6-4-2-1-3-5-6;8-4-1-2-5-9-6-3-7-10/h1-5,7,9H,(H,10,11);9-10H,1-8H2. The Labute approximate surface area is 125 Å². The van der Waals surface area contributed by atoms with Gasteiger partial charge in [0, 0.05) is 6.61 Å². The van der Waals surface area contributed by atoms with Gasteiger partial charge >= 0.3 is 5.97 Å². The van der Waals surface area contributed by atoms with Crippen LogP contribution in [0.2, 0.25) is 0 Å². The number of nitrogens with two attached hydrogens (primary N) is 1. The Bertz CT molecular complexity index is 352. The molecule has 0 radical (unpaired) electrons. The lowest BCUT2D eigenvalue weighted by Gasteiger charge is -2.03. The van der Waals surface area contributed by atoms with Gasteiger partial charge in [0.15, 0.2) is 6.10 Å². The highest BCUT2D eigenvalue weighted by Crippen LogP contribution is 2.10. The van der Waals surface area contributed by atoms with Crippen molar-refractivity contribution >= 4 is 5.97 Å². The predicted molar refractivity (Wildman–Crippen MR) is 81.9 cm³/mol. The van der Waals surface area contributed by atoms with Gasteiger partial charge in [0.2, 0.25) is 0 Å². The van der Waals surface area contributed by atoms with Crippen LogP contribution in [0.3, 0.4) is 0 Å². The fourth-order valence-electron chi connectivity index (χ4n) is 1.50. The van der Waals surface area contributed by atoms with E-state index in [0.717, 1.165) is 38.9 Å². The number of aliphatic carboxylic acids is 1. The molecule has 0 bridgehead atoms. The highest BCUT2D eigenvalue weighted by atomic mass is 16.4. The number of hydrogen-bond donors (Lipinski definition) is 5. The summed E-state index contributed by atoms with van der Waals surface area (Å²) >= 11 is 0. The quantitative estimate of drug-likeness (QED) is 0.424. The third-order valence-corrected chi connectivity index (χ3v) is 2.67. The molecule has 21 heavy (non-hydrogen) atoms. The number of nitrogens with one attached hydrogen (secondary N) is 1. The van der Waals surface area contributed by atoms with Crippen LogP contribution in [0.5, 0.6) is 0 Å². The molecule has 0 amide bonds. The second-order valence-electron chi connectivity index (χ2n) is 4.47. The summed E-state index contributed by atoms with van der Waals surface area (Å²) in [6, 6.07) is 8.26. The van der Waals surface area contributed by atoms with Crippen molar-refractivity contribution in [2.45, 2.75) is 25.4 Å². The smallest absolute Gasteiger partial charge is 0.337 e. The van der Waals surface area contributed by atoms with Gasteiger partial charge in [-0.25, -0.2) is 4.79 Å². The fourth-order valence-corrected chi connectivity index (χ4v) is 1.50. The maximum absolute atomic E-state index is 10.2. The van der Waals surface area contributed by atoms with E-state index in [2.05, 4.69) is 5.32 Å². The van der Waals surface area contributed by atoms with Gasteiger partial charge in [-0.3, -0.25) is 0 Å². The van der Waals surface area contributed by atoms with Crippen LogP contribution in [0.15, 0.2) is 30.3 Å². The molecule has 0 saturated carbocycles. The average Bonchev–Trinajstić information content (AvgIpc) is 2.51. The lowest BCUT2D eigenvalue weighted by atomic mass is 10.1. The number of carboxylic acid groups (broad SMARTS) is 1. The second kappa shape index (κ2) is 13.5. The minimum atomic E-state index is -1.41. The van der Waals surface area contributed by atoms with Gasteiger partial charge in [0.05, 0.1) is 0 Å². The molecule has 0 aliphatic heterocycles. The number of benzene rings is 1. The van der Waals surface area contributed by atoms with E-state index >= 15 is 0 Å². The predicted octanol–water partition coefficient (Wildman–Crippen LogP) is 0.502. The van der Waals surface area contributed by atoms with E-state index in [1.165, 1.54) is 0 Å². The van der Waals surface area contributed by atoms with Crippen LogP contribution in [0.25, 0.3) is 0 Å². The van der Waals surface area contributed by atoms with Crippen molar-refractivity contribution in [1.82, 2.24) is 5.32 Å². The van der Waals surface area contributed by atoms with Crippen molar-refractivity contribution in [2.24, 2.45) is 5.73 Å². The molecule has 1 aromatic carbocycles. The molecule has 0 spiro atoms. The molecule has 1 atom stereocenters. The zero-order valence-electron chi connectivity index (χ0n) is 12.2. The molecule has 6 nitrogen and oxygen atoms in total. The normalized spacial score (nSPS) is 11.4. The van der Waals surface area contributed by atoms with Crippen molar-refractivity contribution in [3.05, 3.63) is 35.9 Å². The minimum absolute atomic E-state index is 0.282. The molecule has 1 unspecified atom stereocenters. The molecule has 120 valence electrons. The van der Waals surface area contributed by atoms with Crippen molar-refractivity contribution in [3.8, 4) is 0 Å². The Morgan fingerprint density at radius 3 is 2.29 bits per heavy atom. The average molecular weight is 298 g/mol. The van der Waals surface area contributed by atoms with E-state index in [1.807, 2.05) is 0 Å². The molecule has 0 aromatic heterocycles. The van der Waals surface area contributed by atoms with Crippen LogP contribution < -0.4 is 11.1 Å². The highest BCUT2D eigenvalue weighted by molar-refractivity contribution is 5.73. The molecular weight excluding hydrogens is 272 g/mol. The van der Waals surface area contributed by atoms with Crippen LogP contribution in [0, 0.1) is 0 Å². The summed E-state index contributed by atoms with van der Waals surface area (Å²) in [7, 11) is 0. The van der Waals surface area contributed by atoms with E-state index in [-0.39, 0.29) is 6.61 Å². The number of aliphatic hydroxyl groups excluding tert-OH is 2. The first kappa shape index (κ1) is 19.5. The topological polar surface area (TPSA) is 116 Å². The summed E-state index contributed by atoms with van der Waals surface area (Å²) in [5, 5.41) is 29.0. The first-order valence-electron chi connectivity index (χ1n) is 7.11. The molecular formula is C15H26N2O4. The second-order valence-corrected chi connectivity index (χ2v) is 4.47. The van der Waals surface area contributed by atoms with Crippen molar-refractivity contribution in [2.75, 3.05) is 26.2 Å². The van der Waals surface area contributed by atoms with Crippen LogP contribution >= 0.6 is 0 Å². The van der Waals surface area contributed by atoms with Crippen LogP contribution in [0.4, 0.5) is 0 Å². The van der Waals surface area contributed by atoms with Gasteiger partial charge in [0.1, 0.15) is 0 Å².